The van der Waals surface area contributed by atoms with E-state index in [1.54, 1.807) is 30.3 Å². The molecule has 0 saturated heterocycles. The van der Waals surface area contributed by atoms with E-state index in [2.05, 4.69) is 10.6 Å². The molecule has 1 aliphatic rings. The number of nitrogens with zero attached hydrogens (tertiary/aromatic N) is 1. The molecule has 10 nitrogen and oxygen atoms in total. The van der Waals surface area contributed by atoms with Crippen molar-refractivity contribution in [2.45, 2.75) is 46.6 Å². The number of nitrogens with two attached hydrogens (primary N) is 1. The van der Waals surface area contributed by atoms with Crippen LogP contribution in [0.15, 0.2) is 30.3 Å². The van der Waals surface area contributed by atoms with Crippen molar-refractivity contribution >= 4 is 47.5 Å². The SMILES string of the molecule is CNC(=O)[C@H](CC(C)C)NC(=O)C(CC(C)C)CP(=O)(O)CN1C(=O)c2cccc3ccc(N)c(c23)C1=O. The van der Waals surface area contributed by atoms with Gasteiger partial charge >= 0.3 is 0 Å². The average Bonchev–Trinajstić information content (AvgIpc) is 2.83. The summed E-state index contributed by atoms with van der Waals surface area (Å²) >= 11 is 0. The van der Waals surface area contributed by atoms with Gasteiger partial charge < -0.3 is 21.3 Å². The zero-order chi connectivity index (χ0) is 28.4. The molecule has 2 unspecified atom stereocenters. The number of rotatable bonds is 11. The first kappa shape index (κ1) is 29.3. The predicted octanol–water partition coefficient (Wildman–Crippen LogP) is 3.19. The fraction of sp³-hybridized carbons (Fsp3) is 0.481. The molecule has 38 heavy (non-hydrogen) atoms. The van der Waals surface area contributed by atoms with Crippen LogP contribution < -0.4 is 16.4 Å². The van der Waals surface area contributed by atoms with Crippen LogP contribution in [0.3, 0.4) is 0 Å². The summed E-state index contributed by atoms with van der Waals surface area (Å²) in [4.78, 5) is 63.9. The van der Waals surface area contributed by atoms with Gasteiger partial charge in [-0.2, -0.15) is 0 Å². The van der Waals surface area contributed by atoms with Gasteiger partial charge in [0.25, 0.3) is 11.8 Å². The second kappa shape index (κ2) is 11.7. The molecule has 0 spiro atoms. The number of hydrogen-bond donors (Lipinski definition) is 4. The number of anilines is 1. The maximum Gasteiger partial charge on any atom is 0.264 e. The van der Waals surface area contributed by atoms with Crippen molar-refractivity contribution in [3.8, 4) is 0 Å². The Hall–Kier alpha value is -3.23. The third kappa shape index (κ3) is 6.42. The van der Waals surface area contributed by atoms with Gasteiger partial charge in [0.15, 0.2) is 0 Å². The molecule has 0 saturated carbocycles. The Morgan fingerprint density at radius 2 is 1.66 bits per heavy atom. The molecule has 1 aliphatic heterocycles. The molecule has 3 atom stereocenters. The number of nitrogen functional groups attached to an aromatic ring is 1. The summed E-state index contributed by atoms with van der Waals surface area (Å²) in [6, 6.07) is 7.48. The molecule has 4 amide bonds. The van der Waals surface area contributed by atoms with Gasteiger partial charge in [0.05, 0.1) is 5.56 Å². The Bertz CT molecular complexity index is 1310. The van der Waals surface area contributed by atoms with Crippen LogP contribution in [0.2, 0.25) is 0 Å². The van der Waals surface area contributed by atoms with Crippen LogP contribution in [-0.4, -0.2) is 59.0 Å². The second-order valence-electron chi connectivity index (χ2n) is 10.8. The lowest BCUT2D eigenvalue weighted by Crippen LogP contribution is -2.49. The Morgan fingerprint density at radius 3 is 2.26 bits per heavy atom. The number of likely N-dealkylation sites (N-methyl/N-ethyl adjacent to an activating group) is 1. The molecule has 0 aliphatic carbocycles. The van der Waals surface area contributed by atoms with Crippen molar-refractivity contribution in [1.82, 2.24) is 15.5 Å². The Balaban J connectivity index is 1.86. The average molecular weight is 545 g/mol. The predicted molar refractivity (Wildman–Crippen MR) is 147 cm³/mol. The van der Waals surface area contributed by atoms with Crippen LogP contribution in [0.25, 0.3) is 10.8 Å². The van der Waals surface area contributed by atoms with E-state index in [0.717, 1.165) is 4.90 Å². The molecule has 0 bridgehead atoms. The maximum atomic E-state index is 13.5. The molecule has 0 aromatic heterocycles. The Morgan fingerprint density at radius 1 is 1.00 bits per heavy atom. The van der Waals surface area contributed by atoms with Gasteiger partial charge in [0, 0.05) is 35.8 Å². The van der Waals surface area contributed by atoms with Crippen LogP contribution in [0.5, 0.6) is 0 Å². The minimum absolute atomic E-state index is 0.0110. The van der Waals surface area contributed by atoms with Gasteiger partial charge in [-0.1, -0.05) is 45.9 Å². The lowest BCUT2D eigenvalue weighted by Gasteiger charge is -2.30. The van der Waals surface area contributed by atoms with E-state index in [4.69, 9.17) is 5.73 Å². The van der Waals surface area contributed by atoms with Crippen molar-refractivity contribution in [3.05, 3.63) is 41.5 Å². The van der Waals surface area contributed by atoms with E-state index >= 15 is 0 Å². The summed E-state index contributed by atoms with van der Waals surface area (Å²) in [5.74, 6) is -3.06. The third-order valence-electron chi connectivity index (χ3n) is 6.59. The highest BCUT2D eigenvalue weighted by atomic mass is 31.2. The van der Waals surface area contributed by atoms with E-state index < -0.39 is 49.5 Å². The molecule has 206 valence electrons. The first-order valence-electron chi connectivity index (χ1n) is 12.8. The number of benzene rings is 2. The van der Waals surface area contributed by atoms with Crippen molar-refractivity contribution in [2.75, 3.05) is 25.2 Å². The first-order valence-corrected chi connectivity index (χ1v) is 14.8. The molecular weight excluding hydrogens is 507 g/mol. The van der Waals surface area contributed by atoms with Crippen LogP contribution in [0.1, 0.15) is 61.3 Å². The summed E-state index contributed by atoms with van der Waals surface area (Å²) in [5, 5.41) is 6.37. The fourth-order valence-corrected chi connectivity index (χ4v) is 6.75. The number of imide groups is 1. The normalized spacial score (nSPS) is 16.5. The minimum atomic E-state index is -4.22. The summed E-state index contributed by atoms with van der Waals surface area (Å²) < 4.78 is 13.5. The second-order valence-corrected chi connectivity index (χ2v) is 13.1. The standard InChI is InChI=1S/C27H37N4O6P/c1-15(2)11-18(24(32)30-21(12-16(3)4)25(33)29-5)13-38(36,37)14-31-26(34)19-8-6-7-17-9-10-20(28)23(22(17)19)27(31)35/h6-10,15-16,18,21H,11-14,28H2,1-5H3,(H,29,33)(H,30,32)(H,36,37)/t18?,21-/m0/s1. The van der Waals surface area contributed by atoms with E-state index in [0.29, 0.717) is 17.2 Å². The highest BCUT2D eigenvalue weighted by Gasteiger charge is 2.40. The third-order valence-corrected chi connectivity index (χ3v) is 8.33. The van der Waals surface area contributed by atoms with Crippen LogP contribution in [0, 0.1) is 17.8 Å². The molecule has 0 radical (unpaired) electrons. The van der Waals surface area contributed by atoms with Gasteiger partial charge in [-0.25, -0.2) is 0 Å². The van der Waals surface area contributed by atoms with Crippen molar-refractivity contribution in [1.29, 1.82) is 0 Å². The lowest BCUT2D eigenvalue weighted by atomic mass is 9.93. The van der Waals surface area contributed by atoms with Gasteiger partial charge in [-0.05, 0) is 42.2 Å². The quantitative estimate of drug-likeness (QED) is 0.192. The van der Waals surface area contributed by atoms with Gasteiger partial charge in [-0.3, -0.25) is 28.6 Å². The van der Waals surface area contributed by atoms with E-state index in [-0.39, 0.29) is 41.0 Å². The van der Waals surface area contributed by atoms with Crippen molar-refractivity contribution in [2.24, 2.45) is 17.8 Å². The number of carbonyl (C=O) groups excluding carboxylic acids is 4. The molecule has 11 heteroatoms. The van der Waals surface area contributed by atoms with Crippen LogP contribution in [0.4, 0.5) is 5.69 Å². The molecule has 5 N–H and O–H groups in total. The topological polar surface area (TPSA) is 159 Å². The first-order chi connectivity index (χ1) is 17.8. The molecule has 2 aromatic rings. The fourth-order valence-electron chi connectivity index (χ4n) is 4.93. The van der Waals surface area contributed by atoms with Gasteiger partial charge in [0.1, 0.15) is 12.3 Å². The van der Waals surface area contributed by atoms with Gasteiger partial charge in [0.2, 0.25) is 19.2 Å². The molecule has 0 fully saturated rings. The summed E-state index contributed by atoms with van der Waals surface area (Å²) in [5.41, 5.74) is 6.59. The van der Waals surface area contributed by atoms with Crippen LogP contribution >= 0.6 is 7.37 Å². The maximum absolute atomic E-state index is 13.5. The monoisotopic (exact) mass is 544 g/mol. The van der Waals surface area contributed by atoms with Crippen LogP contribution in [-0.2, 0) is 14.2 Å². The molecular formula is C27H37N4O6P. The van der Waals surface area contributed by atoms with Crippen molar-refractivity contribution in [3.63, 3.8) is 0 Å². The Kier molecular flexibility index (Phi) is 9.00. The number of hydrogen-bond acceptors (Lipinski definition) is 6. The van der Waals surface area contributed by atoms with E-state index in [9.17, 15) is 28.6 Å². The lowest BCUT2D eigenvalue weighted by molar-refractivity contribution is -0.131. The zero-order valence-corrected chi connectivity index (χ0v) is 23.4. The van der Waals surface area contributed by atoms with E-state index in [1.807, 2.05) is 27.7 Å². The summed E-state index contributed by atoms with van der Waals surface area (Å²) in [7, 11) is -2.75. The van der Waals surface area contributed by atoms with Gasteiger partial charge in [-0.15, -0.1) is 0 Å². The highest BCUT2D eigenvalue weighted by molar-refractivity contribution is 7.58. The number of nitrogens with one attached hydrogen (secondary N) is 2. The summed E-state index contributed by atoms with van der Waals surface area (Å²) in [6.45, 7) is 7.61. The Labute approximate surface area is 222 Å². The smallest absolute Gasteiger partial charge is 0.264 e. The zero-order valence-electron chi connectivity index (χ0n) is 22.5. The minimum Gasteiger partial charge on any atom is -0.398 e. The van der Waals surface area contributed by atoms with E-state index in [1.165, 1.54) is 7.05 Å². The number of amides is 4. The molecule has 1 heterocycles. The highest BCUT2D eigenvalue weighted by Crippen LogP contribution is 2.46. The largest absolute Gasteiger partial charge is 0.398 e. The molecule has 3 rings (SSSR count). The number of carbonyl (C=O) groups is 4. The van der Waals surface area contributed by atoms with Crippen molar-refractivity contribution < 1.29 is 28.6 Å². The summed E-state index contributed by atoms with van der Waals surface area (Å²) in [6.07, 6.45) is -0.506. The molecule has 2 aromatic carbocycles.